The van der Waals surface area contributed by atoms with Gasteiger partial charge >= 0.3 is 0 Å². The van der Waals surface area contributed by atoms with E-state index in [-0.39, 0.29) is 12.2 Å². The molecule has 0 radical (unpaired) electrons. The van der Waals surface area contributed by atoms with Crippen molar-refractivity contribution in [3.63, 3.8) is 0 Å². The van der Waals surface area contributed by atoms with Gasteiger partial charge in [-0.2, -0.15) is 0 Å². The molecule has 0 atom stereocenters. The zero-order valence-corrected chi connectivity index (χ0v) is 16.6. The number of ether oxygens (including phenoxy) is 1. The molecule has 156 valence electrons. The third-order valence-corrected chi connectivity index (χ3v) is 4.22. The molecule has 0 spiro atoms. The fourth-order valence-corrected chi connectivity index (χ4v) is 2.57. The summed E-state index contributed by atoms with van der Waals surface area (Å²) in [6, 6.07) is 7.79. The quantitative estimate of drug-likeness (QED) is 0.461. The Labute approximate surface area is 173 Å². The summed E-state index contributed by atoms with van der Waals surface area (Å²) in [5.41, 5.74) is 7.31. The number of aromatic nitrogens is 3. The Balaban J connectivity index is 1.63. The molecule has 1 amide bonds. The molecule has 2 heterocycles. The summed E-state index contributed by atoms with van der Waals surface area (Å²) in [5, 5.41) is 5.73. The van der Waals surface area contributed by atoms with Gasteiger partial charge in [0.2, 0.25) is 5.88 Å². The van der Waals surface area contributed by atoms with Crippen LogP contribution in [0.1, 0.15) is 35.8 Å². The fourth-order valence-electron chi connectivity index (χ4n) is 2.57. The Morgan fingerprint density at radius 1 is 1.20 bits per heavy atom. The van der Waals surface area contributed by atoms with Gasteiger partial charge in [-0.15, -0.1) is 0 Å². The van der Waals surface area contributed by atoms with Crippen LogP contribution in [0.25, 0.3) is 0 Å². The first-order valence-electron chi connectivity index (χ1n) is 9.55. The van der Waals surface area contributed by atoms with Crippen molar-refractivity contribution in [1.82, 2.24) is 15.0 Å². The molecule has 0 aliphatic rings. The molecule has 9 heteroatoms. The standard InChI is InChI=1S/C21H23FN6O2/c1-2-3-9-30-19-13-26-18(12-27-19)21(29)28-15-6-7-16(22)14(10-15)11-25-17-5-4-8-24-20(17)23/h4-8,10,12-13,25H,2-3,9,11H2,1H3,(H2,23,24)(H,28,29). The topological polar surface area (TPSA) is 115 Å². The van der Waals surface area contributed by atoms with Gasteiger partial charge in [0.1, 0.15) is 17.3 Å². The van der Waals surface area contributed by atoms with E-state index in [1.807, 2.05) is 0 Å². The van der Waals surface area contributed by atoms with Crippen LogP contribution >= 0.6 is 0 Å². The highest BCUT2D eigenvalue weighted by atomic mass is 19.1. The minimum Gasteiger partial charge on any atom is -0.477 e. The van der Waals surface area contributed by atoms with Gasteiger partial charge in [0, 0.05) is 24.0 Å². The van der Waals surface area contributed by atoms with Gasteiger partial charge in [-0.25, -0.2) is 19.3 Å². The van der Waals surface area contributed by atoms with Crippen LogP contribution in [0.5, 0.6) is 5.88 Å². The second-order valence-corrected chi connectivity index (χ2v) is 6.49. The molecule has 3 aromatic rings. The Hall–Kier alpha value is -3.75. The number of carbonyl (C=O) groups excluding carboxylic acids is 1. The van der Waals surface area contributed by atoms with E-state index in [9.17, 15) is 9.18 Å². The normalized spacial score (nSPS) is 10.5. The van der Waals surface area contributed by atoms with Crippen molar-refractivity contribution in [2.75, 3.05) is 23.0 Å². The summed E-state index contributed by atoms with van der Waals surface area (Å²) in [6.07, 6.45) is 6.25. The van der Waals surface area contributed by atoms with Gasteiger partial charge in [-0.1, -0.05) is 13.3 Å². The van der Waals surface area contributed by atoms with Crippen LogP contribution in [0.3, 0.4) is 0 Å². The molecule has 0 unspecified atom stereocenters. The lowest BCUT2D eigenvalue weighted by Crippen LogP contribution is -2.15. The monoisotopic (exact) mass is 410 g/mol. The molecule has 8 nitrogen and oxygen atoms in total. The average Bonchev–Trinajstić information content (AvgIpc) is 2.75. The van der Waals surface area contributed by atoms with Gasteiger partial charge in [0.15, 0.2) is 0 Å². The number of nitrogens with one attached hydrogen (secondary N) is 2. The summed E-state index contributed by atoms with van der Waals surface area (Å²) in [4.78, 5) is 24.5. The highest BCUT2D eigenvalue weighted by Gasteiger charge is 2.11. The Morgan fingerprint density at radius 3 is 2.80 bits per heavy atom. The molecule has 4 N–H and O–H groups in total. The molecule has 30 heavy (non-hydrogen) atoms. The number of nitrogen functional groups attached to an aromatic ring is 1. The lowest BCUT2D eigenvalue weighted by Gasteiger charge is -2.11. The zero-order valence-electron chi connectivity index (χ0n) is 16.6. The van der Waals surface area contributed by atoms with Crippen molar-refractivity contribution >= 4 is 23.1 Å². The van der Waals surface area contributed by atoms with Crippen molar-refractivity contribution in [2.24, 2.45) is 0 Å². The lowest BCUT2D eigenvalue weighted by molar-refractivity contribution is 0.102. The van der Waals surface area contributed by atoms with E-state index < -0.39 is 11.7 Å². The minimum atomic E-state index is -0.454. The van der Waals surface area contributed by atoms with E-state index in [1.54, 1.807) is 24.4 Å². The highest BCUT2D eigenvalue weighted by molar-refractivity contribution is 6.02. The van der Waals surface area contributed by atoms with Gasteiger partial charge in [0.25, 0.3) is 5.91 Å². The van der Waals surface area contributed by atoms with Crippen LogP contribution in [0.4, 0.5) is 21.6 Å². The van der Waals surface area contributed by atoms with E-state index >= 15 is 0 Å². The summed E-state index contributed by atoms with van der Waals surface area (Å²) >= 11 is 0. The van der Waals surface area contributed by atoms with Crippen LogP contribution < -0.4 is 21.1 Å². The summed E-state index contributed by atoms with van der Waals surface area (Å²) in [7, 11) is 0. The third kappa shape index (κ3) is 5.63. The fraction of sp³-hybridized carbons (Fsp3) is 0.238. The molecule has 1 aromatic carbocycles. The number of nitrogens with two attached hydrogens (primary N) is 1. The predicted molar refractivity (Wildman–Crippen MR) is 113 cm³/mol. The van der Waals surface area contributed by atoms with Crippen LogP contribution in [-0.4, -0.2) is 27.5 Å². The maximum atomic E-state index is 14.2. The number of rotatable bonds is 9. The number of anilines is 3. The van der Waals surface area contributed by atoms with Crippen LogP contribution in [0.2, 0.25) is 0 Å². The van der Waals surface area contributed by atoms with Crippen LogP contribution in [0, 0.1) is 5.82 Å². The molecule has 0 aliphatic heterocycles. The smallest absolute Gasteiger partial charge is 0.275 e. The molecule has 0 saturated heterocycles. The number of amides is 1. The summed E-state index contributed by atoms with van der Waals surface area (Å²) < 4.78 is 19.6. The van der Waals surface area contributed by atoms with Crippen molar-refractivity contribution in [3.8, 4) is 5.88 Å². The first-order valence-corrected chi connectivity index (χ1v) is 9.55. The second-order valence-electron chi connectivity index (χ2n) is 6.49. The number of unbranched alkanes of at least 4 members (excludes halogenated alkanes) is 1. The van der Waals surface area contributed by atoms with Crippen molar-refractivity contribution in [2.45, 2.75) is 26.3 Å². The number of halogens is 1. The van der Waals surface area contributed by atoms with E-state index in [4.69, 9.17) is 10.5 Å². The Bertz CT molecular complexity index is 997. The van der Waals surface area contributed by atoms with Crippen LogP contribution in [0.15, 0.2) is 48.9 Å². The molecule has 0 fully saturated rings. The average molecular weight is 410 g/mol. The molecule has 0 aliphatic carbocycles. The zero-order chi connectivity index (χ0) is 21.3. The number of benzene rings is 1. The molecule has 3 rings (SSSR count). The first kappa shape index (κ1) is 21.0. The molecule has 0 bridgehead atoms. The largest absolute Gasteiger partial charge is 0.477 e. The highest BCUT2D eigenvalue weighted by Crippen LogP contribution is 2.19. The number of hydrogen-bond donors (Lipinski definition) is 3. The second kappa shape index (κ2) is 10.1. The third-order valence-electron chi connectivity index (χ3n) is 4.22. The first-order chi connectivity index (χ1) is 14.6. The van der Waals surface area contributed by atoms with Gasteiger partial charge in [0.05, 0.1) is 24.7 Å². The SMILES string of the molecule is CCCCOc1cnc(C(=O)Nc2ccc(F)c(CNc3cccnc3N)c2)cn1. The summed E-state index contributed by atoms with van der Waals surface area (Å²) in [5.74, 6) is -0.172. The van der Waals surface area contributed by atoms with Gasteiger partial charge < -0.3 is 21.1 Å². The van der Waals surface area contributed by atoms with E-state index in [0.717, 1.165) is 12.8 Å². The Morgan fingerprint density at radius 2 is 2.07 bits per heavy atom. The molecule has 0 saturated carbocycles. The van der Waals surface area contributed by atoms with Gasteiger partial charge in [-0.3, -0.25) is 4.79 Å². The summed E-state index contributed by atoms with van der Waals surface area (Å²) in [6.45, 7) is 2.79. The van der Waals surface area contributed by atoms with E-state index in [2.05, 4.69) is 32.5 Å². The maximum absolute atomic E-state index is 14.2. The number of hydrogen-bond acceptors (Lipinski definition) is 7. The number of pyridine rings is 1. The minimum absolute atomic E-state index is 0.130. The van der Waals surface area contributed by atoms with Crippen molar-refractivity contribution in [1.29, 1.82) is 0 Å². The number of carbonyl (C=O) groups is 1. The van der Waals surface area contributed by atoms with Crippen molar-refractivity contribution < 1.29 is 13.9 Å². The van der Waals surface area contributed by atoms with Crippen LogP contribution in [-0.2, 0) is 6.54 Å². The maximum Gasteiger partial charge on any atom is 0.275 e. The van der Waals surface area contributed by atoms with Crippen molar-refractivity contribution in [3.05, 3.63) is 66.0 Å². The lowest BCUT2D eigenvalue weighted by atomic mass is 10.1. The Kier molecular flexibility index (Phi) is 7.09. The molecular formula is C21H23FN6O2. The van der Waals surface area contributed by atoms with E-state index in [0.29, 0.717) is 35.2 Å². The van der Waals surface area contributed by atoms with Gasteiger partial charge in [-0.05, 0) is 36.8 Å². The predicted octanol–water partition coefficient (Wildman–Crippen LogP) is 3.64. The number of nitrogens with zero attached hydrogens (tertiary/aromatic N) is 3. The van der Waals surface area contributed by atoms with E-state index in [1.165, 1.54) is 24.5 Å². The molecule has 2 aromatic heterocycles. The molecular weight excluding hydrogens is 387 g/mol.